The minimum Gasteiger partial charge on any atom is -0.309 e. The molecule has 0 bridgehead atoms. The van der Waals surface area contributed by atoms with Crippen LogP contribution in [0.4, 0.5) is 17.1 Å². The molecule has 0 heterocycles. The number of anilines is 3. The molecule has 9 aromatic rings. The summed E-state index contributed by atoms with van der Waals surface area (Å²) in [5, 5.41) is 0. The molecule has 1 saturated carbocycles. The molecule has 9 aromatic carbocycles. The second-order valence-corrected chi connectivity index (χ2v) is 24.0. The predicted octanol–water partition coefficient (Wildman–Crippen LogP) is 18.9. The summed E-state index contributed by atoms with van der Waals surface area (Å²) in [6.45, 7) is 18.7. The smallest absolute Gasteiger partial charge is 0.0714 e. The number of rotatable bonds is 6. The van der Waals surface area contributed by atoms with Crippen LogP contribution in [-0.2, 0) is 27.1 Å². The number of hydrogen-bond donors (Lipinski definition) is 0. The summed E-state index contributed by atoms with van der Waals surface area (Å²) in [5.74, 6) is 0. The molecule has 1 spiro atoms. The number of hydrogen-bond acceptors (Lipinski definition) is 1. The Morgan fingerprint density at radius 1 is 0.375 bits per heavy atom. The first-order valence-corrected chi connectivity index (χ1v) is 26.6. The molecule has 1 nitrogen and oxygen atoms in total. The van der Waals surface area contributed by atoms with Crippen molar-refractivity contribution in [3.05, 3.63) is 256 Å². The van der Waals surface area contributed by atoms with E-state index in [1.165, 1.54) is 143 Å². The molecule has 0 radical (unpaired) electrons. The molecule has 4 aliphatic rings. The van der Waals surface area contributed by atoms with E-state index >= 15 is 0 Å². The van der Waals surface area contributed by atoms with Crippen molar-refractivity contribution in [2.75, 3.05) is 4.90 Å². The molecule has 0 unspecified atom stereocenters. The Balaban J connectivity index is 1.11. The van der Waals surface area contributed by atoms with E-state index in [2.05, 4.69) is 260 Å². The molecule has 72 heavy (non-hydrogen) atoms. The van der Waals surface area contributed by atoms with Crippen LogP contribution in [0.15, 0.2) is 200 Å². The standard InChI is InChI=1S/C71H65N/c1-67(2,3)46-33-37-48(38-34-46)71(49-39-35-47(36-40-49)68(4,5)6)60-29-15-11-24-57(60)65-61(71)30-20-32-64(65)72(50-41-42-53-51-21-10-14-28-59(51)70(62(53)45-50)43-17-18-44-70)63-31-16-12-23-54(63)56-26-19-25-55-52-22-9-13-27-58(52)69(7,8)66(55)56/h9-16,19-42,45H,17-18,43-44H2,1-8H3. The van der Waals surface area contributed by atoms with Gasteiger partial charge in [-0.2, -0.15) is 0 Å². The summed E-state index contributed by atoms with van der Waals surface area (Å²) in [4.78, 5) is 2.66. The van der Waals surface area contributed by atoms with Gasteiger partial charge in [-0.05, 0) is 137 Å². The summed E-state index contributed by atoms with van der Waals surface area (Å²) in [7, 11) is 0. The van der Waals surface area contributed by atoms with Crippen molar-refractivity contribution in [1.82, 2.24) is 0 Å². The van der Waals surface area contributed by atoms with Gasteiger partial charge in [0.15, 0.2) is 0 Å². The van der Waals surface area contributed by atoms with Crippen LogP contribution in [-0.4, -0.2) is 0 Å². The van der Waals surface area contributed by atoms with E-state index in [1.807, 2.05) is 0 Å². The molecular weight excluding hydrogens is 867 g/mol. The minimum absolute atomic E-state index is 0.0159. The number of para-hydroxylation sites is 1. The maximum atomic E-state index is 2.66. The monoisotopic (exact) mass is 932 g/mol. The van der Waals surface area contributed by atoms with Crippen molar-refractivity contribution in [2.24, 2.45) is 0 Å². The third-order valence-electron chi connectivity index (χ3n) is 17.6. The zero-order valence-electron chi connectivity index (χ0n) is 43.3. The molecule has 0 aliphatic heterocycles. The lowest BCUT2D eigenvalue weighted by Crippen LogP contribution is -2.29. The molecule has 1 heteroatoms. The van der Waals surface area contributed by atoms with E-state index in [1.54, 1.807) is 0 Å². The second kappa shape index (κ2) is 15.9. The number of nitrogens with zero attached hydrogens (tertiary/aromatic N) is 1. The Kier molecular flexibility index (Phi) is 9.86. The highest BCUT2D eigenvalue weighted by Crippen LogP contribution is 2.63. The number of fused-ring (bicyclic) bond motifs is 11. The first-order chi connectivity index (χ1) is 34.7. The van der Waals surface area contributed by atoms with Crippen LogP contribution in [0, 0.1) is 0 Å². The first kappa shape index (κ1) is 44.7. The predicted molar refractivity (Wildman–Crippen MR) is 304 cm³/mol. The highest BCUT2D eigenvalue weighted by molar-refractivity contribution is 6.01. The zero-order valence-corrected chi connectivity index (χ0v) is 43.3. The third kappa shape index (κ3) is 6.32. The van der Waals surface area contributed by atoms with Gasteiger partial charge in [0.25, 0.3) is 0 Å². The third-order valence-corrected chi connectivity index (χ3v) is 17.6. The largest absolute Gasteiger partial charge is 0.309 e. The second-order valence-electron chi connectivity index (χ2n) is 24.0. The Morgan fingerprint density at radius 3 is 1.46 bits per heavy atom. The van der Waals surface area contributed by atoms with Crippen molar-refractivity contribution >= 4 is 17.1 Å². The van der Waals surface area contributed by atoms with Gasteiger partial charge in [0, 0.05) is 27.6 Å². The molecule has 0 N–H and O–H groups in total. The van der Waals surface area contributed by atoms with Gasteiger partial charge in [-0.1, -0.05) is 244 Å². The Labute approximate surface area is 428 Å². The van der Waals surface area contributed by atoms with E-state index in [-0.39, 0.29) is 21.7 Å². The average Bonchev–Trinajstić information content (AvgIpc) is 4.13. The zero-order chi connectivity index (χ0) is 49.4. The summed E-state index contributed by atoms with van der Waals surface area (Å²) in [6, 6.07) is 77.9. The van der Waals surface area contributed by atoms with Crippen LogP contribution in [0.3, 0.4) is 0 Å². The lowest BCUT2D eigenvalue weighted by Gasteiger charge is -2.36. The van der Waals surface area contributed by atoms with E-state index in [9.17, 15) is 0 Å². The summed E-state index contributed by atoms with van der Waals surface area (Å²) >= 11 is 0. The maximum Gasteiger partial charge on any atom is 0.0714 e. The topological polar surface area (TPSA) is 3.24 Å². The van der Waals surface area contributed by atoms with E-state index in [0.717, 1.165) is 0 Å². The summed E-state index contributed by atoms with van der Waals surface area (Å²) in [5.41, 5.74) is 27.1. The fourth-order valence-electron chi connectivity index (χ4n) is 14.2. The lowest BCUT2D eigenvalue weighted by atomic mass is 9.67. The molecule has 354 valence electrons. The molecule has 13 rings (SSSR count). The van der Waals surface area contributed by atoms with Crippen LogP contribution >= 0.6 is 0 Å². The van der Waals surface area contributed by atoms with Gasteiger partial charge in [0.2, 0.25) is 0 Å². The molecule has 0 aromatic heterocycles. The summed E-state index contributed by atoms with van der Waals surface area (Å²) < 4.78 is 0. The van der Waals surface area contributed by atoms with Crippen molar-refractivity contribution < 1.29 is 0 Å². The first-order valence-electron chi connectivity index (χ1n) is 26.6. The summed E-state index contributed by atoms with van der Waals surface area (Å²) in [6.07, 6.45) is 4.86. The van der Waals surface area contributed by atoms with Crippen molar-refractivity contribution in [2.45, 2.75) is 108 Å². The van der Waals surface area contributed by atoms with Gasteiger partial charge >= 0.3 is 0 Å². The highest BCUT2D eigenvalue weighted by Gasteiger charge is 2.49. The van der Waals surface area contributed by atoms with Crippen molar-refractivity contribution in [1.29, 1.82) is 0 Å². The van der Waals surface area contributed by atoms with E-state index in [0.29, 0.717) is 0 Å². The quantitative estimate of drug-likeness (QED) is 0.161. The minimum atomic E-state index is -0.580. The van der Waals surface area contributed by atoms with Crippen LogP contribution in [0.2, 0.25) is 0 Å². The van der Waals surface area contributed by atoms with Gasteiger partial charge < -0.3 is 4.90 Å². The fraction of sp³-hybridized carbons (Fsp3) is 0.239. The highest BCUT2D eigenvalue weighted by atomic mass is 15.1. The molecule has 1 fully saturated rings. The van der Waals surface area contributed by atoms with Crippen LogP contribution in [0.1, 0.15) is 137 Å². The maximum absolute atomic E-state index is 2.66. The molecule has 0 atom stereocenters. The number of benzene rings is 9. The fourth-order valence-corrected chi connectivity index (χ4v) is 14.2. The van der Waals surface area contributed by atoms with E-state index < -0.39 is 5.41 Å². The normalized spacial score (nSPS) is 16.2. The van der Waals surface area contributed by atoms with Gasteiger partial charge in [0.1, 0.15) is 0 Å². The van der Waals surface area contributed by atoms with Crippen LogP contribution < -0.4 is 4.90 Å². The lowest BCUT2D eigenvalue weighted by molar-refractivity contribution is 0.550. The molecule has 4 aliphatic carbocycles. The Hall–Kier alpha value is -7.22. The van der Waals surface area contributed by atoms with Crippen LogP contribution in [0.25, 0.3) is 44.5 Å². The van der Waals surface area contributed by atoms with Gasteiger partial charge in [-0.25, -0.2) is 0 Å². The van der Waals surface area contributed by atoms with Gasteiger partial charge in [0.05, 0.1) is 16.8 Å². The average molecular weight is 932 g/mol. The Morgan fingerprint density at radius 2 is 0.833 bits per heavy atom. The molecule has 0 saturated heterocycles. The van der Waals surface area contributed by atoms with Gasteiger partial charge in [-0.15, -0.1) is 0 Å². The van der Waals surface area contributed by atoms with Crippen molar-refractivity contribution in [3.63, 3.8) is 0 Å². The SMILES string of the molecule is CC(C)(C)c1ccc(C2(c3ccc(C(C)(C)C)cc3)c3ccccc3-c3c(N(c4ccc5c(c4)C4(CCCC4)c4ccccc4-5)c4ccccc4-c4cccc5c4C(C)(C)c4ccccc4-5)cccc32)cc1. The Bertz CT molecular complexity index is 3560. The molecule has 0 amide bonds. The van der Waals surface area contributed by atoms with Crippen molar-refractivity contribution in [3.8, 4) is 44.5 Å². The van der Waals surface area contributed by atoms with Crippen LogP contribution in [0.5, 0.6) is 0 Å². The van der Waals surface area contributed by atoms with E-state index in [4.69, 9.17) is 0 Å². The van der Waals surface area contributed by atoms with Gasteiger partial charge in [-0.3, -0.25) is 0 Å². The molecular formula is C71H65N.